The van der Waals surface area contributed by atoms with Gasteiger partial charge < -0.3 is 0 Å². The van der Waals surface area contributed by atoms with Crippen molar-refractivity contribution < 1.29 is 0 Å². The highest BCUT2D eigenvalue weighted by Gasteiger charge is 2.19. The van der Waals surface area contributed by atoms with E-state index in [4.69, 9.17) is 9.97 Å². The maximum Gasteiger partial charge on any atom is 0.160 e. The van der Waals surface area contributed by atoms with Gasteiger partial charge in [-0.2, -0.15) is 0 Å². The summed E-state index contributed by atoms with van der Waals surface area (Å²) in [4.78, 5) is 10.9. The second kappa shape index (κ2) is 13.8. The Morgan fingerprint density at radius 3 is 1.21 bits per heavy atom. The second-order valence-corrected chi connectivity index (χ2v) is 15.5. The lowest BCUT2D eigenvalue weighted by Crippen LogP contribution is -1.95. The van der Waals surface area contributed by atoms with E-state index in [1.54, 1.807) is 11.3 Å². The van der Waals surface area contributed by atoms with Crippen molar-refractivity contribution in [3.8, 4) is 67.2 Å². The van der Waals surface area contributed by atoms with E-state index >= 15 is 0 Å². The van der Waals surface area contributed by atoms with Gasteiger partial charge in [-0.3, -0.25) is 0 Å². The van der Waals surface area contributed by atoms with Gasteiger partial charge in [0.1, 0.15) is 0 Å². The molecule has 0 unspecified atom stereocenters. The monoisotopic (exact) mass is 742 g/mol. The molecule has 0 spiro atoms. The Balaban J connectivity index is 1.20. The van der Waals surface area contributed by atoms with Crippen LogP contribution in [0.5, 0.6) is 0 Å². The van der Waals surface area contributed by atoms with Crippen LogP contribution in [0.25, 0.3) is 109 Å². The third-order valence-corrected chi connectivity index (χ3v) is 12.3. The zero-order valence-corrected chi connectivity index (χ0v) is 31.7. The standard InChI is InChI=1S/C54H34N2S/c1-4-16-35(17-5-1)41-23-12-29-47-43(25-14-27-45(41)47)38-32-39(44-26-15-28-46-42(24-13-30-48(44)46)36-18-6-2-7-19-36)34-40(33-38)54-55-51(37-20-8-3-9-21-37)53-52(56-54)49-22-10-11-31-50(49)57-53/h1-34H. The van der Waals surface area contributed by atoms with Crippen LogP contribution in [0.1, 0.15) is 0 Å². The molecule has 2 heterocycles. The summed E-state index contributed by atoms with van der Waals surface area (Å²) in [5.41, 5.74) is 13.4. The second-order valence-electron chi connectivity index (χ2n) is 14.5. The van der Waals surface area contributed by atoms with E-state index in [0.29, 0.717) is 5.82 Å². The third-order valence-electron chi connectivity index (χ3n) is 11.1. The Morgan fingerprint density at radius 1 is 0.298 bits per heavy atom. The summed E-state index contributed by atoms with van der Waals surface area (Å²) < 4.78 is 2.31. The SMILES string of the molecule is c1ccc(-c2cccc3c(-c4cc(-c5nc(-c6ccccc6)c6sc7ccccc7c6n5)cc(-c5cccc6c(-c7ccccc7)cccc56)c4)cccc23)cc1. The molecule has 0 fully saturated rings. The van der Waals surface area contributed by atoms with Crippen LogP contribution >= 0.6 is 11.3 Å². The lowest BCUT2D eigenvalue weighted by molar-refractivity contribution is 1.24. The fourth-order valence-electron chi connectivity index (χ4n) is 8.44. The molecule has 2 aromatic heterocycles. The third kappa shape index (κ3) is 5.80. The molecule has 0 radical (unpaired) electrons. The first-order chi connectivity index (χ1) is 28.3. The van der Waals surface area contributed by atoms with E-state index in [0.717, 1.165) is 43.6 Å². The van der Waals surface area contributed by atoms with Crippen LogP contribution in [0.3, 0.4) is 0 Å². The molecule has 0 aliphatic heterocycles. The number of benzene rings is 9. The Morgan fingerprint density at radius 2 is 0.702 bits per heavy atom. The van der Waals surface area contributed by atoms with Crippen LogP contribution in [-0.4, -0.2) is 9.97 Å². The van der Waals surface area contributed by atoms with Gasteiger partial charge >= 0.3 is 0 Å². The van der Waals surface area contributed by atoms with Gasteiger partial charge in [-0.15, -0.1) is 11.3 Å². The molecule has 9 aromatic carbocycles. The van der Waals surface area contributed by atoms with Crippen LogP contribution in [0.15, 0.2) is 206 Å². The van der Waals surface area contributed by atoms with Crippen LogP contribution in [-0.2, 0) is 0 Å². The Hall–Kier alpha value is -7.20. The molecule has 0 aliphatic rings. The van der Waals surface area contributed by atoms with Crippen LogP contribution in [0.2, 0.25) is 0 Å². The number of nitrogens with zero attached hydrogens (tertiary/aromatic N) is 2. The summed E-state index contributed by atoms with van der Waals surface area (Å²) in [5, 5.41) is 6.01. The average Bonchev–Trinajstić information content (AvgIpc) is 3.67. The first-order valence-corrected chi connectivity index (χ1v) is 20.1. The van der Waals surface area contributed by atoms with Crippen molar-refractivity contribution in [1.29, 1.82) is 0 Å². The summed E-state index contributed by atoms with van der Waals surface area (Å²) in [6.07, 6.45) is 0. The first-order valence-electron chi connectivity index (χ1n) is 19.3. The van der Waals surface area contributed by atoms with E-state index in [-0.39, 0.29) is 0 Å². The van der Waals surface area contributed by atoms with E-state index < -0.39 is 0 Å². The van der Waals surface area contributed by atoms with Gasteiger partial charge in [0.25, 0.3) is 0 Å². The molecule has 11 rings (SSSR count). The Kier molecular flexibility index (Phi) is 8.04. The molecule has 0 bridgehead atoms. The molecule has 0 amide bonds. The minimum Gasteiger partial charge on any atom is -0.226 e. The summed E-state index contributed by atoms with van der Waals surface area (Å²) in [7, 11) is 0. The molecular formula is C54H34N2S. The van der Waals surface area contributed by atoms with Crippen molar-refractivity contribution >= 4 is 53.2 Å². The van der Waals surface area contributed by atoms with Gasteiger partial charge in [0.05, 0.1) is 15.9 Å². The predicted molar refractivity (Wildman–Crippen MR) is 243 cm³/mol. The molecule has 57 heavy (non-hydrogen) atoms. The Bertz CT molecular complexity index is 3140. The first kappa shape index (κ1) is 33.2. The predicted octanol–water partition coefficient (Wildman–Crippen LogP) is 15.2. The Labute approximate surface area is 335 Å². The number of rotatable bonds is 6. The molecule has 0 saturated heterocycles. The van der Waals surface area contributed by atoms with E-state index in [1.165, 1.54) is 59.6 Å². The number of thiophene rings is 1. The summed E-state index contributed by atoms with van der Waals surface area (Å²) in [5.74, 6) is 0.712. The van der Waals surface area contributed by atoms with Crippen molar-refractivity contribution in [1.82, 2.24) is 9.97 Å². The fourth-order valence-corrected chi connectivity index (χ4v) is 9.60. The molecule has 3 heteroatoms. The van der Waals surface area contributed by atoms with Crippen LogP contribution < -0.4 is 0 Å². The maximum absolute atomic E-state index is 5.44. The van der Waals surface area contributed by atoms with Crippen molar-refractivity contribution in [2.45, 2.75) is 0 Å². The summed E-state index contributed by atoms with van der Waals surface area (Å²) in [6, 6.07) is 74.1. The molecule has 0 saturated carbocycles. The molecular weight excluding hydrogens is 709 g/mol. The number of fused-ring (bicyclic) bond motifs is 5. The molecule has 11 aromatic rings. The van der Waals surface area contributed by atoms with Gasteiger partial charge in [0.2, 0.25) is 0 Å². The number of hydrogen-bond acceptors (Lipinski definition) is 3. The zero-order valence-electron chi connectivity index (χ0n) is 30.9. The minimum absolute atomic E-state index is 0.712. The maximum atomic E-state index is 5.44. The van der Waals surface area contributed by atoms with Crippen LogP contribution in [0, 0.1) is 0 Å². The highest BCUT2D eigenvalue weighted by atomic mass is 32.1. The van der Waals surface area contributed by atoms with Crippen LogP contribution in [0.4, 0.5) is 0 Å². The largest absolute Gasteiger partial charge is 0.226 e. The summed E-state index contributed by atoms with van der Waals surface area (Å²) >= 11 is 1.76. The number of hydrogen-bond donors (Lipinski definition) is 0. The number of aromatic nitrogens is 2. The molecule has 0 N–H and O–H groups in total. The average molecular weight is 743 g/mol. The van der Waals surface area contributed by atoms with E-state index in [9.17, 15) is 0 Å². The topological polar surface area (TPSA) is 25.8 Å². The van der Waals surface area contributed by atoms with E-state index in [1.807, 2.05) is 0 Å². The molecule has 0 aliphatic carbocycles. The van der Waals surface area contributed by atoms with E-state index in [2.05, 4.69) is 206 Å². The van der Waals surface area contributed by atoms with Crippen molar-refractivity contribution in [2.75, 3.05) is 0 Å². The fraction of sp³-hybridized carbons (Fsp3) is 0. The minimum atomic E-state index is 0.712. The van der Waals surface area contributed by atoms with Gasteiger partial charge in [-0.1, -0.05) is 182 Å². The molecule has 266 valence electrons. The normalized spacial score (nSPS) is 11.5. The summed E-state index contributed by atoms with van der Waals surface area (Å²) in [6.45, 7) is 0. The highest BCUT2D eigenvalue weighted by Crippen LogP contribution is 2.43. The smallest absolute Gasteiger partial charge is 0.160 e. The van der Waals surface area contributed by atoms with Gasteiger partial charge in [-0.05, 0) is 90.3 Å². The zero-order chi connectivity index (χ0) is 37.7. The lowest BCUT2D eigenvalue weighted by atomic mass is 9.88. The molecule has 2 nitrogen and oxygen atoms in total. The van der Waals surface area contributed by atoms with Gasteiger partial charge in [0, 0.05) is 21.2 Å². The van der Waals surface area contributed by atoms with Crippen molar-refractivity contribution in [3.05, 3.63) is 206 Å². The van der Waals surface area contributed by atoms with Crippen molar-refractivity contribution in [3.63, 3.8) is 0 Å². The van der Waals surface area contributed by atoms with Crippen molar-refractivity contribution in [2.24, 2.45) is 0 Å². The molecule has 0 atom stereocenters. The van der Waals surface area contributed by atoms with Gasteiger partial charge in [-0.25, -0.2) is 9.97 Å². The quantitative estimate of drug-likeness (QED) is 0.170. The highest BCUT2D eigenvalue weighted by molar-refractivity contribution is 7.26. The van der Waals surface area contributed by atoms with Gasteiger partial charge in [0.15, 0.2) is 5.82 Å². The lowest BCUT2D eigenvalue weighted by Gasteiger charge is -2.16.